The molecule has 0 spiro atoms. The Kier molecular flexibility index (Phi) is 3.95. The maximum atomic E-state index is 13.0. The predicted molar refractivity (Wildman–Crippen MR) is 96.4 cm³/mol. The van der Waals surface area contributed by atoms with Crippen molar-refractivity contribution in [1.82, 2.24) is 0 Å². The van der Waals surface area contributed by atoms with E-state index in [1.54, 1.807) is 0 Å². The Bertz CT molecular complexity index is 992. The van der Waals surface area contributed by atoms with Crippen molar-refractivity contribution in [3.05, 3.63) is 52.2 Å². The fraction of sp³-hybridized carbons (Fsp3) is 0.250. The maximum absolute atomic E-state index is 13.0. The molecule has 0 radical (unpaired) electrons. The maximum Gasteiger partial charge on any atom is 0.239 e. The Morgan fingerprint density at radius 2 is 1.68 bits per heavy atom. The van der Waals surface area contributed by atoms with E-state index in [4.69, 9.17) is 9.15 Å². The largest absolute Gasteiger partial charge is 0.508 e. The molecule has 130 valence electrons. The van der Waals surface area contributed by atoms with Gasteiger partial charge in [0.05, 0.1) is 0 Å². The highest BCUT2D eigenvalue weighted by Crippen LogP contribution is 2.36. The fourth-order valence-corrected chi connectivity index (χ4v) is 2.56. The molecule has 0 amide bonds. The molecule has 3 rings (SSSR count). The standard InChI is InChI=1S/C20H20O5/c1-11-5-7-12(8-6-11)18-19(25-20(2,3)4)17(23)16-14(22)9-13(21)10-15(16)24-18/h5-10,21-22H,1-4H3. The van der Waals surface area contributed by atoms with E-state index in [1.807, 2.05) is 52.0 Å². The van der Waals surface area contributed by atoms with Gasteiger partial charge in [0.15, 0.2) is 5.76 Å². The molecule has 0 saturated carbocycles. The SMILES string of the molecule is Cc1ccc(-c2oc3cc(O)cc(O)c3c(=O)c2OC(C)(C)C)cc1. The number of rotatable bonds is 2. The summed E-state index contributed by atoms with van der Waals surface area (Å²) in [6, 6.07) is 9.87. The molecule has 5 heteroatoms. The second-order valence-corrected chi connectivity index (χ2v) is 7.01. The molecule has 0 bridgehead atoms. The lowest BCUT2D eigenvalue weighted by molar-refractivity contribution is 0.127. The lowest BCUT2D eigenvalue weighted by Crippen LogP contribution is -2.26. The Morgan fingerprint density at radius 1 is 1.04 bits per heavy atom. The summed E-state index contributed by atoms with van der Waals surface area (Å²) in [5.41, 5.74) is 0.727. The van der Waals surface area contributed by atoms with Crippen molar-refractivity contribution in [1.29, 1.82) is 0 Å². The van der Waals surface area contributed by atoms with Crippen molar-refractivity contribution in [3.8, 4) is 28.6 Å². The summed E-state index contributed by atoms with van der Waals surface area (Å²) in [6.45, 7) is 7.44. The summed E-state index contributed by atoms with van der Waals surface area (Å²) in [5.74, 6) is -0.243. The topological polar surface area (TPSA) is 79.9 Å². The van der Waals surface area contributed by atoms with Gasteiger partial charge in [0, 0.05) is 17.7 Å². The van der Waals surface area contributed by atoms with Gasteiger partial charge in [-0.15, -0.1) is 0 Å². The van der Waals surface area contributed by atoms with Crippen LogP contribution in [0.2, 0.25) is 0 Å². The van der Waals surface area contributed by atoms with Gasteiger partial charge < -0.3 is 19.4 Å². The number of hydrogen-bond donors (Lipinski definition) is 2. The zero-order valence-corrected chi connectivity index (χ0v) is 14.6. The number of hydrogen-bond acceptors (Lipinski definition) is 5. The van der Waals surface area contributed by atoms with E-state index in [1.165, 1.54) is 6.07 Å². The van der Waals surface area contributed by atoms with E-state index < -0.39 is 11.0 Å². The molecule has 0 fully saturated rings. The Balaban J connectivity index is 2.38. The first kappa shape index (κ1) is 16.9. The minimum Gasteiger partial charge on any atom is -0.508 e. The lowest BCUT2D eigenvalue weighted by Gasteiger charge is -2.22. The van der Waals surface area contributed by atoms with E-state index in [9.17, 15) is 15.0 Å². The van der Waals surface area contributed by atoms with Crippen LogP contribution in [0.5, 0.6) is 17.2 Å². The van der Waals surface area contributed by atoms with Crippen LogP contribution in [0.25, 0.3) is 22.3 Å². The second-order valence-electron chi connectivity index (χ2n) is 7.01. The van der Waals surface area contributed by atoms with E-state index in [2.05, 4.69) is 0 Å². The highest BCUT2D eigenvalue weighted by molar-refractivity contribution is 5.88. The van der Waals surface area contributed by atoms with Gasteiger partial charge >= 0.3 is 0 Å². The number of fused-ring (bicyclic) bond motifs is 1. The molecule has 1 aromatic heterocycles. The van der Waals surface area contributed by atoms with Crippen molar-refractivity contribution in [2.24, 2.45) is 0 Å². The van der Waals surface area contributed by atoms with Gasteiger partial charge in [-0.1, -0.05) is 29.8 Å². The van der Waals surface area contributed by atoms with Crippen molar-refractivity contribution < 1.29 is 19.4 Å². The van der Waals surface area contributed by atoms with Crippen LogP contribution < -0.4 is 10.2 Å². The zero-order valence-electron chi connectivity index (χ0n) is 14.6. The molecule has 0 atom stereocenters. The normalized spacial score (nSPS) is 11.7. The van der Waals surface area contributed by atoms with Crippen molar-refractivity contribution in [2.75, 3.05) is 0 Å². The Labute approximate surface area is 145 Å². The molecule has 0 aliphatic heterocycles. The van der Waals surface area contributed by atoms with Gasteiger partial charge in [-0.25, -0.2) is 0 Å². The monoisotopic (exact) mass is 340 g/mol. The van der Waals surface area contributed by atoms with Crippen LogP contribution in [-0.4, -0.2) is 15.8 Å². The van der Waals surface area contributed by atoms with Crippen LogP contribution in [0.4, 0.5) is 0 Å². The van der Waals surface area contributed by atoms with E-state index in [-0.39, 0.29) is 34.0 Å². The first-order valence-electron chi connectivity index (χ1n) is 7.94. The van der Waals surface area contributed by atoms with Crippen molar-refractivity contribution >= 4 is 11.0 Å². The molecule has 5 nitrogen and oxygen atoms in total. The third-order valence-corrected chi connectivity index (χ3v) is 3.64. The fourth-order valence-electron chi connectivity index (χ4n) is 2.56. The smallest absolute Gasteiger partial charge is 0.239 e. The average Bonchev–Trinajstić information content (AvgIpc) is 2.49. The predicted octanol–water partition coefficient (Wildman–Crippen LogP) is 4.36. The van der Waals surface area contributed by atoms with Gasteiger partial charge in [0.1, 0.15) is 28.1 Å². The molecular weight excluding hydrogens is 320 g/mol. The molecule has 1 heterocycles. The molecule has 0 aliphatic carbocycles. The molecule has 2 N–H and O–H groups in total. The van der Waals surface area contributed by atoms with E-state index >= 15 is 0 Å². The van der Waals surface area contributed by atoms with Crippen LogP contribution in [0.3, 0.4) is 0 Å². The first-order valence-corrected chi connectivity index (χ1v) is 7.94. The first-order chi connectivity index (χ1) is 11.7. The van der Waals surface area contributed by atoms with E-state index in [0.717, 1.165) is 11.6 Å². The number of phenolic OH excluding ortho intramolecular Hbond substituents is 2. The third kappa shape index (κ3) is 3.31. The minimum absolute atomic E-state index is 0.0205. The summed E-state index contributed by atoms with van der Waals surface area (Å²) >= 11 is 0. The molecule has 2 aromatic carbocycles. The van der Waals surface area contributed by atoms with Gasteiger partial charge in [0.25, 0.3) is 0 Å². The highest BCUT2D eigenvalue weighted by Gasteiger charge is 2.24. The Morgan fingerprint density at radius 3 is 2.28 bits per heavy atom. The molecule has 0 aliphatic rings. The van der Waals surface area contributed by atoms with Crippen LogP contribution >= 0.6 is 0 Å². The van der Waals surface area contributed by atoms with Gasteiger partial charge in [-0.2, -0.15) is 0 Å². The summed E-state index contributed by atoms with van der Waals surface area (Å²) in [4.78, 5) is 13.0. The summed E-state index contributed by atoms with van der Waals surface area (Å²) in [6.07, 6.45) is 0. The number of aryl methyl sites for hydroxylation is 1. The van der Waals surface area contributed by atoms with Crippen molar-refractivity contribution in [2.45, 2.75) is 33.3 Å². The van der Waals surface area contributed by atoms with Gasteiger partial charge in [-0.3, -0.25) is 4.79 Å². The van der Waals surface area contributed by atoms with Crippen LogP contribution in [0, 0.1) is 6.92 Å². The summed E-state index contributed by atoms with van der Waals surface area (Å²) in [5, 5.41) is 19.8. The van der Waals surface area contributed by atoms with Gasteiger partial charge in [0.2, 0.25) is 11.2 Å². The number of phenols is 2. The van der Waals surface area contributed by atoms with Crippen molar-refractivity contribution in [3.63, 3.8) is 0 Å². The number of aromatic hydroxyl groups is 2. The average molecular weight is 340 g/mol. The Hall–Kier alpha value is -2.95. The van der Waals surface area contributed by atoms with Gasteiger partial charge in [-0.05, 0) is 27.7 Å². The second kappa shape index (κ2) is 5.84. The summed E-state index contributed by atoms with van der Waals surface area (Å²) < 4.78 is 11.7. The minimum atomic E-state index is -0.631. The van der Waals surface area contributed by atoms with E-state index in [0.29, 0.717) is 5.56 Å². The third-order valence-electron chi connectivity index (χ3n) is 3.64. The number of ether oxygens (including phenoxy) is 1. The number of benzene rings is 2. The van der Waals surface area contributed by atoms with Crippen LogP contribution in [0.1, 0.15) is 26.3 Å². The van der Waals surface area contributed by atoms with Crippen LogP contribution in [-0.2, 0) is 0 Å². The highest BCUT2D eigenvalue weighted by atomic mass is 16.5. The molecule has 0 saturated heterocycles. The quantitative estimate of drug-likeness (QED) is 0.725. The zero-order chi connectivity index (χ0) is 18.4. The molecule has 0 unspecified atom stereocenters. The molecular formula is C20H20O5. The molecule has 25 heavy (non-hydrogen) atoms. The molecule has 3 aromatic rings. The summed E-state index contributed by atoms with van der Waals surface area (Å²) in [7, 11) is 0. The lowest BCUT2D eigenvalue weighted by atomic mass is 10.1. The van der Waals surface area contributed by atoms with Crippen LogP contribution in [0.15, 0.2) is 45.6 Å².